The van der Waals surface area contributed by atoms with E-state index in [1.165, 1.54) is 6.26 Å². The number of nitrogens with zero attached hydrogens (tertiary/aromatic N) is 1. The summed E-state index contributed by atoms with van der Waals surface area (Å²) >= 11 is 0. The molecular formula is C11H15NO3. The standard InChI is InChI=1S/C11H15NO3/c1-8-6-12(7-9(2)15-8)11(13)10-4-3-5-14-10/h3-5,8-9H,6-7H2,1-2H3/t8-,9-/m1/s1. The van der Waals surface area contributed by atoms with Crippen LogP contribution in [0, 0.1) is 0 Å². The molecule has 4 heteroatoms. The van der Waals surface area contributed by atoms with Crippen molar-refractivity contribution in [3.63, 3.8) is 0 Å². The number of ether oxygens (including phenoxy) is 1. The van der Waals surface area contributed by atoms with E-state index in [0.29, 0.717) is 18.8 Å². The third kappa shape index (κ3) is 2.21. The average molecular weight is 209 g/mol. The molecule has 82 valence electrons. The Kier molecular flexibility index (Phi) is 2.77. The van der Waals surface area contributed by atoms with Crippen LogP contribution in [-0.4, -0.2) is 36.1 Å². The van der Waals surface area contributed by atoms with Crippen molar-refractivity contribution in [2.45, 2.75) is 26.1 Å². The molecule has 0 aliphatic carbocycles. The molecule has 0 spiro atoms. The van der Waals surface area contributed by atoms with E-state index >= 15 is 0 Å². The molecule has 1 saturated heterocycles. The Hall–Kier alpha value is -1.29. The van der Waals surface area contributed by atoms with Gasteiger partial charge in [-0.3, -0.25) is 4.79 Å². The highest BCUT2D eigenvalue weighted by atomic mass is 16.5. The molecule has 1 aliphatic rings. The molecule has 1 fully saturated rings. The van der Waals surface area contributed by atoms with E-state index in [1.54, 1.807) is 17.0 Å². The summed E-state index contributed by atoms with van der Waals surface area (Å²) in [5.74, 6) is 0.346. The van der Waals surface area contributed by atoms with Gasteiger partial charge in [0.15, 0.2) is 5.76 Å². The molecule has 0 unspecified atom stereocenters. The number of carbonyl (C=O) groups is 1. The molecule has 2 heterocycles. The average Bonchev–Trinajstić information content (AvgIpc) is 2.67. The number of carbonyl (C=O) groups excluding carboxylic acids is 1. The van der Waals surface area contributed by atoms with Gasteiger partial charge in [-0.1, -0.05) is 0 Å². The van der Waals surface area contributed by atoms with Crippen LogP contribution < -0.4 is 0 Å². The second-order valence-corrected chi connectivity index (χ2v) is 3.94. The van der Waals surface area contributed by atoms with Gasteiger partial charge in [0.1, 0.15) is 0 Å². The lowest BCUT2D eigenvalue weighted by Crippen LogP contribution is -2.48. The molecule has 2 atom stereocenters. The summed E-state index contributed by atoms with van der Waals surface area (Å²) in [5.41, 5.74) is 0. The number of furan rings is 1. The quantitative estimate of drug-likeness (QED) is 0.704. The maximum absolute atomic E-state index is 11.9. The normalized spacial score (nSPS) is 26.7. The third-order valence-electron chi connectivity index (χ3n) is 2.44. The van der Waals surface area contributed by atoms with Crippen LogP contribution in [0.2, 0.25) is 0 Å². The van der Waals surface area contributed by atoms with Crippen molar-refractivity contribution in [3.05, 3.63) is 24.2 Å². The van der Waals surface area contributed by atoms with E-state index in [9.17, 15) is 4.79 Å². The Morgan fingerprint density at radius 3 is 2.60 bits per heavy atom. The number of rotatable bonds is 1. The van der Waals surface area contributed by atoms with Gasteiger partial charge < -0.3 is 14.1 Å². The van der Waals surface area contributed by atoms with E-state index in [-0.39, 0.29) is 18.1 Å². The molecule has 1 amide bonds. The number of amides is 1. The van der Waals surface area contributed by atoms with Crippen LogP contribution in [0.15, 0.2) is 22.8 Å². The predicted octanol–water partition coefficient (Wildman–Crippen LogP) is 1.53. The van der Waals surface area contributed by atoms with E-state index in [2.05, 4.69) is 0 Å². The molecule has 1 aromatic heterocycles. The Labute approximate surface area is 88.8 Å². The fourth-order valence-corrected chi connectivity index (χ4v) is 1.90. The Bertz CT molecular complexity index is 324. The van der Waals surface area contributed by atoms with Gasteiger partial charge in [-0.05, 0) is 26.0 Å². The van der Waals surface area contributed by atoms with Gasteiger partial charge in [-0.15, -0.1) is 0 Å². The topological polar surface area (TPSA) is 42.7 Å². The van der Waals surface area contributed by atoms with Crippen LogP contribution in [0.5, 0.6) is 0 Å². The zero-order valence-corrected chi connectivity index (χ0v) is 8.97. The summed E-state index contributed by atoms with van der Waals surface area (Å²) in [5, 5.41) is 0. The lowest BCUT2D eigenvalue weighted by atomic mass is 10.2. The number of morpholine rings is 1. The molecule has 1 aromatic rings. The molecule has 15 heavy (non-hydrogen) atoms. The maximum atomic E-state index is 11.9. The monoisotopic (exact) mass is 209 g/mol. The number of hydrogen-bond acceptors (Lipinski definition) is 3. The van der Waals surface area contributed by atoms with Crippen LogP contribution >= 0.6 is 0 Å². The molecule has 0 saturated carbocycles. The summed E-state index contributed by atoms with van der Waals surface area (Å²) in [6.07, 6.45) is 1.70. The first-order valence-corrected chi connectivity index (χ1v) is 5.15. The molecule has 4 nitrogen and oxygen atoms in total. The fraction of sp³-hybridized carbons (Fsp3) is 0.545. The highest BCUT2D eigenvalue weighted by Gasteiger charge is 2.27. The van der Waals surface area contributed by atoms with Gasteiger partial charge >= 0.3 is 0 Å². The Balaban J connectivity index is 2.07. The van der Waals surface area contributed by atoms with Crippen molar-refractivity contribution in [2.75, 3.05) is 13.1 Å². The van der Waals surface area contributed by atoms with Crippen molar-refractivity contribution in [2.24, 2.45) is 0 Å². The smallest absolute Gasteiger partial charge is 0.289 e. The zero-order valence-electron chi connectivity index (χ0n) is 8.97. The summed E-state index contributed by atoms with van der Waals surface area (Å²) < 4.78 is 10.6. The Morgan fingerprint density at radius 1 is 1.40 bits per heavy atom. The predicted molar refractivity (Wildman–Crippen MR) is 54.6 cm³/mol. The molecular weight excluding hydrogens is 194 g/mol. The van der Waals surface area contributed by atoms with Gasteiger partial charge in [0.25, 0.3) is 5.91 Å². The van der Waals surface area contributed by atoms with Gasteiger partial charge in [-0.25, -0.2) is 0 Å². The molecule has 2 rings (SSSR count). The lowest BCUT2D eigenvalue weighted by Gasteiger charge is -2.34. The minimum Gasteiger partial charge on any atom is -0.459 e. The van der Waals surface area contributed by atoms with Gasteiger partial charge in [0.2, 0.25) is 0 Å². The van der Waals surface area contributed by atoms with Crippen molar-refractivity contribution in [1.82, 2.24) is 4.90 Å². The highest BCUT2D eigenvalue weighted by Crippen LogP contribution is 2.14. The van der Waals surface area contributed by atoms with E-state index < -0.39 is 0 Å². The maximum Gasteiger partial charge on any atom is 0.289 e. The minimum absolute atomic E-state index is 0.0537. The van der Waals surface area contributed by atoms with Crippen molar-refractivity contribution in [1.29, 1.82) is 0 Å². The van der Waals surface area contributed by atoms with Crippen molar-refractivity contribution < 1.29 is 13.9 Å². The first kappa shape index (κ1) is 10.2. The third-order valence-corrected chi connectivity index (χ3v) is 2.44. The zero-order chi connectivity index (χ0) is 10.8. The molecule has 0 aromatic carbocycles. The first-order valence-electron chi connectivity index (χ1n) is 5.15. The van der Waals surface area contributed by atoms with E-state index in [1.807, 2.05) is 13.8 Å². The van der Waals surface area contributed by atoms with Crippen LogP contribution in [0.25, 0.3) is 0 Å². The fourth-order valence-electron chi connectivity index (χ4n) is 1.90. The van der Waals surface area contributed by atoms with Gasteiger partial charge in [-0.2, -0.15) is 0 Å². The van der Waals surface area contributed by atoms with Crippen LogP contribution in [-0.2, 0) is 4.74 Å². The summed E-state index contributed by atoms with van der Waals surface area (Å²) in [7, 11) is 0. The van der Waals surface area contributed by atoms with E-state index in [0.717, 1.165) is 0 Å². The summed E-state index contributed by atoms with van der Waals surface area (Å²) in [6, 6.07) is 3.41. The lowest BCUT2D eigenvalue weighted by molar-refractivity contribution is -0.0592. The van der Waals surface area contributed by atoms with E-state index in [4.69, 9.17) is 9.15 Å². The summed E-state index contributed by atoms with van der Waals surface area (Å²) in [4.78, 5) is 13.7. The summed E-state index contributed by atoms with van der Waals surface area (Å²) in [6.45, 7) is 5.20. The first-order chi connectivity index (χ1) is 7.16. The van der Waals surface area contributed by atoms with Crippen molar-refractivity contribution in [3.8, 4) is 0 Å². The SMILES string of the molecule is C[C@@H]1CN(C(=O)c2ccco2)C[C@@H](C)O1. The molecule has 0 radical (unpaired) electrons. The largest absolute Gasteiger partial charge is 0.459 e. The Morgan fingerprint density at radius 2 is 2.07 bits per heavy atom. The second kappa shape index (κ2) is 4.06. The minimum atomic E-state index is -0.0537. The second-order valence-electron chi connectivity index (χ2n) is 3.94. The highest BCUT2D eigenvalue weighted by molar-refractivity contribution is 5.91. The molecule has 0 bridgehead atoms. The van der Waals surface area contributed by atoms with Crippen LogP contribution in [0.1, 0.15) is 24.4 Å². The molecule has 1 aliphatic heterocycles. The molecule has 0 N–H and O–H groups in total. The van der Waals surface area contributed by atoms with Crippen LogP contribution in [0.4, 0.5) is 0 Å². The van der Waals surface area contributed by atoms with Crippen LogP contribution in [0.3, 0.4) is 0 Å². The van der Waals surface area contributed by atoms with Crippen molar-refractivity contribution >= 4 is 5.91 Å². The number of hydrogen-bond donors (Lipinski definition) is 0. The van der Waals surface area contributed by atoms with Gasteiger partial charge in [0, 0.05) is 13.1 Å². The van der Waals surface area contributed by atoms with Gasteiger partial charge in [0.05, 0.1) is 18.5 Å².